The highest BCUT2D eigenvalue weighted by Gasteiger charge is 2.26. The zero-order chi connectivity index (χ0) is 14.6. The van der Waals surface area contributed by atoms with E-state index in [0.717, 1.165) is 35.7 Å². The van der Waals surface area contributed by atoms with Crippen LogP contribution < -0.4 is 10.1 Å². The van der Waals surface area contributed by atoms with Gasteiger partial charge in [0.15, 0.2) is 0 Å². The summed E-state index contributed by atoms with van der Waals surface area (Å²) in [7, 11) is 1.73. The molecular formula is C17H28N2O. The molecule has 1 aliphatic rings. The molecular weight excluding hydrogens is 248 g/mol. The summed E-state index contributed by atoms with van der Waals surface area (Å²) in [6.45, 7) is 8.47. The average molecular weight is 276 g/mol. The Morgan fingerprint density at radius 3 is 2.60 bits per heavy atom. The molecule has 1 fully saturated rings. The van der Waals surface area contributed by atoms with Gasteiger partial charge in [0, 0.05) is 30.4 Å². The van der Waals surface area contributed by atoms with Gasteiger partial charge in [-0.1, -0.05) is 26.2 Å². The minimum Gasteiger partial charge on any atom is -0.496 e. The Labute approximate surface area is 123 Å². The van der Waals surface area contributed by atoms with Gasteiger partial charge in [-0.05, 0) is 32.1 Å². The normalized spacial score (nSPS) is 18.0. The lowest BCUT2D eigenvalue weighted by atomic mass is 9.76. The van der Waals surface area contributed by atoms with E-state index in [9.17, 15) is 0 Å². The number of methoxy groups -OCH3 is 1. The number of hydrogen-bond acceptors (Lipinski definition) is 3. The van der Waals surface area contributed by atoms with Crippen molar-refractivity contribution in [3.63, 3.8) is 0 Å². The Bertz CT molecular complexity index is 451. The maximum Gasteiger partial charge on any atom is 0.128 e. The lowest BCUT2D eigenvalue weighted by molar-refractivity contribution is 0.207. The molecule has 0 spiro atoms. The Hall–Kier alpha value is -1.09. The number of nitrogens with one attached hydrogen (secondary N) is 1. The zero-order valence-corrected chi connectivity index (χ0v) is 13.4. The van der Waals surface area contributed by atoms with E-state index in [4.69, 9.17) is 4.74 Å². The van der Waals surface area contributed by atoms with Gasteiger partial charge in [0.2, 0.25) is 0 Å². The van der Waals surface area contributed by atoms with Crippen LogP contribution in [0, 0.1) is 19.3 Å². The van der Waals surface area contributed by atoms with Crippen LogP contribution in [-0.2, 0) is 6.54 Å². The van der Waals surface area contributed by atoms with Crippen LogP contribution in [0.15, 0.2) is 6.20 Å². The summed E-state index contributed by atoms with van der Waals surface area (Å²) >= 11 is 0. The van der Waals surface area contributed by atoms with Gasteiger partial charge < -0.3 is 10.1 Å². The Morgan fingerprint density at radius 1 is 1.25 bits per heavy atom. The number of aromatic nitrogens is 1. The molecule has 1 saturated carbocycles. The van der Waals surface area contributed by atoms with Gasteiger partial charge in [-0.25, -0.2) is 0 Å². The molecule has 0 amide bonds. The largest absolute Gasteiger partial charge is 0.496 e. The summed E-state index contributed by atoms with van der Waals surface area (Å²) in [6.07, 6.45) is 8.78. The first kappa shape index (κ1) is 15.3. The van der Waals surface area contributed by atoms with Crippen molar-refractivity contribution in [2.45, 2.75) is 59.4 Å². The molecule has 112 valence electrons. The van der Waals surface area contributed by atoms with Crippen LogP contribution in [-0.4, -0.2) is 18.6 Å². The average Bonchev–Trinajstić information content (AvgIpc) is 2.43. The fourth-order valence-electron chi connectivity index (χ4n) is 3.31. The first-order valence-electron chi connectivity index (χ1n) is 7.75. The minimum absolute atomic E-state index is 0.473. The number of hydrogen-bond donors (Lipinski definition) is 1. The summed E-state index contributed by atoms with van der Waals surface area (Å²) in [4.78, 5) is 4.55. The van der Waals surface area contributed by atoms with Crippen molar-refractivity contribution in [2.75, 3.05) is 13.7 Å². The van der Waals surface area contributed by atoms with Gasteiger partial charge in [-0.15, -0.1) is 0 Å². The highest BCUT2D eigenvalue weighted by Crippen LogP contribution is 2.35. The Kier molecular flexibility index (Phi) is 5.03. The lowest BCUT2D eigenvalue weighted by Crippen LogP contribution is -2.33. The van der Waals surface area contributed by atoms with Crippen LogP contribution >= 0.6 is 0 Å². The third-order valence-electron chi connectivity index (χ3n) is 4.65. The van der Waals surface area contributed by atoms with Crippen molar-refractivity contribution in [3.8, 4) is 5.75 Å². The lowest BCUT2D eigenvalue weighted by Gasteiger charge is -2.33. The summed E-state index contributed by atoms with van der Waals surface area (Å²) in [5, 5.41) is 3.61. The predicted octanol–water partition coefficient (Wildman–Crippen LogP) is 3.77. The summed E-state index contributed by atoms with van der Waals surface area (Å²) < 4.78 is 5.46. The van der Waals surface area contributed by atoms with Gasteiger partial charge in [0.1, 0.15) is 5.75 Å². The van der Waals surface area contributed by atoms with Gasteiger partial charge in [-0.2, -0.15) is 0 Å². The van der Waals surface area contributed by atoms with Crippen molar-refractivity contribution >= 4 is 0 Å². The minimum atomic E-state index is 0.473. The Balaban J connectivity index is 1.94. The molecule has 1 heterocycles. The van der Waals surface area contributed by atoms with Crippen molar-refractivity contribution in [2.24, 2.45) is 5.41 Å². The van der Waals surface area contributed by atoms with Crippen LogP contribution in [0.5, 0.6) is 5.75 Å². The van der Waals surface area contributed by atoms with E-state index in [0.29, 0.717) is 5.41 Å². The summed E-state index contributed by atoms with van der Waals surface area (Å²) in [5.41, 5.74) is 3.84. The molecule has 1 N–H and O–H groups in total. The molecule has 0 bridgehead atoms. The monoisotopic (exact) mass is 276 g/mol. The molecule has 0 aromatic carbocycles. The van der Waals surface area contributed by atoms with Gasteiger partial charge >= 0.3 is 0 Å². The Morgan fingerprint density at radius 2 is 1.95 bits per heavy atom. The first-order valence-corrected chi connectivity index (χ1v) is 7.75. The van der Waals surface area contributed by atoms with E-state index >= 15 is 0 Å². The molecule has 0 aliphatic heterocycles. The number of ether oxygens (including phenoxy) is 1. The van der Waals surface area contributed by atoms with E-state index in [1.165, 1.54) is 32.1 Å². The van der Waals surface area contributed by atoms with Crippen LogP contribution in [0.3, 0.4) is 0 Å². The topological polar surface area (TPSA) is 34.1 Å². The fourth-order valence-corrected chi connectivity index (χ4v) is 3.31. The molecule has 1 aromatic heterocycles. The molecule has 2 rings (SSSR count). The van der Waals surface area contributed by atoms with Crippen LogP contribution in [0.25, 0.3) is 0 Å². The van der Waals surface area contributed by atoms with Crippen LogP contribution in [0.4, 0.5) is 0 Å². The van der Waals surface area contributed by atoms with Crippen molar-refractivity contribution in [1.82, 2.24) is 10.3 Å². The summed E-state index contributed by atoms with van der Waals surface area (Å²) in [5.74, 6) is 0.973. The van der Waals surface area contributed by atoms with E-state index < -0.39 is 0 Å². The molecule has 0 atom stereocenters. The molecule has 0 radical (unpaired) electrons. The first-order chi connectivity index (χ1) is 9.56. The fraction of sp³-hybridized carbons (Fsp3) is 0.706. The van der Waals surface area contributed by atoms with E-state index in [1.54, 1.807) is 7.11 Å². The SMILES string of the molecule is COc1c(C)cnc(CNCC2(C)CCCCC2)c1C. The maximum atomic E-state index is 5.46. The number of aryl methyl sites for hydroxylation is 1. The van der Waals surface area contributed by atoms with Gasteiger partial charge in [0.05, 0.1) is 12.8 Å². The second-order valence-electron chi connectivity index (χ2n) is 6.52. The molecule has 3 nitrogen and oxygen atoms in total. The van der Waals surface area contributed by atoms with E-state index in [-0.39, 0.29) is 0 Å². The number of nitrogens with zero attached hydrogens (tertiary/aromatic N) is 1. The quantitative estimate of drug-likeness (QED) is 0.889. The third-order valence-corrected chi connectivity index (χ3v) is 4.65. The second-order valence-corrected chi connectivity index (χ2v) is 6.52. The molecule has 1 aliphatic carbocycles. The van der Waals surface area contributed by atoms with Crippen molar-refractivity contribution in [1.29, 1.82) is 0 Å². The molecule has 0 unspecified atom stereocenters. The predicted molar refractivity (Wildman–Crippen MR) is 83.2 cm³/mol. The number of pyridine rings is 1. The molecule has 3 heteroatoms. The highest BCUT2D eigenvalue weighted by atomic mass is 16.5. The van der Waals surface area contributed by atoms with Crippen LogP contribution in [0.2, 0.25) is 0 Å². The molecule has 1 aromatic rings. The third kappa shape index (κ3) is 3.51. The molecule has 0 saturated heterocycles. The van der Waals surface area contributed by atoms with Crippen molar-refractivity contribution < 1.29 is 4.74 Å². The second kappa shape index (κ2) is 6.57. The highest BCUT2D eigenvalue weighted by molar-refractivity contribution is 5.40. The number of rotatable bonds is 5. The van der Waals surface area contributed by atoms with Crippen LogP contribution in [0.1, 0.15) is 55.8 Å². The maximum absolute atomic E-state index is 5.46. The van der Waals surface area contributed by atoms with Crippen molar-refractivity contribution in [3.05, 3.63) is 23.0 Å². The molecule has 20 heavy (non-hydrogen) atoms. The van der Waals surface area contributed by atoms with E-state index in [2.05, 4.69) is 24.1 Å². The summed E-state index contributed by atoms with van der Waals surface area (Å²) in [6, 6.07) is 0. The zero-order valence-electron chi connectivity index (χ0n) is 13.4. The van der Waals surface area contributed by atoms with Gasteiger partial charge in [-0.3, -0.25) is 4.98 Å². The van der Waals surface area contributed by atoms with Gasteiger partial charge in [0.25, 0.3) is 0 Å². The smallest absolute Gasteiger partial charge is 0.128 e. The van der Waals surface area contributed by atoms with E-state index in [1.807, 2.05) is 13.1 Å². The standard InChI is InChI=1S/C17H28N2O/c1-13-10-19-15(14(2)16(13)20-4)11-18-12-17(3)8-6-5-7-9-17/h10,18H,5-9,11-12H2,1-4H3.